The minimum atomic E-state index is -0.716. The molecule has 0 radical (unpaired) electrons. The number of aryl methyl sites for hydroxylation is 2. The Morgan fingerprint density at radius 2 is 1.89 bits per heavy atom. The lowest BCUT2D eigenvalue weighted by atomic mass is 9.83. The number of carbonyl (C=O) groups is 2. The van der Waals surface area contributed by atoms with Gasteiger partial charge in [-0.1, -0.05) is 42.1 Å². The molecule has 1 atom stereocenters. The number of nitrogens with two attached hydrogens (primary N) is 1. The summed E-state index contributed by atoms with van der Waals surface area (Å²) in [5.74, 6) is -0.887. The molecule has 10 heteroatoms. The third kappa shape index (κ3) is 7.35. The summed E-state index contributed by atoms with van der Waals surface area (Å²) in [6, 6.07) is 15.3. The standard InChI is InChI=1S/C24H22N4O3S.C3H7NO/c1-4-30-24(29)21-19(13-32-23-17(11-25)14(2)10-15(3)28-23)31-22(27)18(12-26)20(21)16-8-6-5-7-9-16;1-4(2)3-5/h5-10,20H,4,13,27H2,1-3H3;3H,1-2H3. The largest absolute Gasteiger partial charge is 0.463 e. The molecule has 1 amide bonds. The summed E-state index contributed by atoms with van der Waals surface area (Å²) in [6.45, 7) is 5.58. The van der Waals surface area contributed by atoms with Crippen LogP contribution in [0, 0.1) is 36.5 Å². The van der Waals surface area contributed by atoms with Crippen LogP contribution in [0.1, 0.15) is 35.2 Å². The minimum Gasteiger partial charge on any atom is -0.463 e. The van der Waals surface area contributed by atoms with Gasteiger partial charge in [0.05, 0.1) is 29.4 Å². The molecule has 37 heavy (non-hydrogen) atoms. The predicted molar refractivity (Wildman–Crippen MR) is 140 cm³/mol. The maximum atomic E-state index is 13.0. The van der Waals surface area contributed by atoms with E-state index in [1.54, 1.807) is 21.0 Å². The van der Waals surface area contributed by atoms with Gasteiger partial charge in [0, 0.05) is 19.8 Å². The molecule has 9 nitrogen and oxygen atoms in total. The van der Waals surface area contributed by atoms with Crippen molar-refractivity contribution < 1.29 is 19.1 Å². The van der Waals surface area contributed by atoms with Crippen LogP contribution < -0.4 is 5.73 Å². The summed E-state index contributed by atoms with van der Waals surface area (Å²) < 4.78 is 11.1. The first-order valence-electron chi connectivity index (χ1n) is 11.3. The summed E-state index contributed by atoms with van der Waals surface area (Å²) in [5.41, 5.74) is 9.25. The fraction of sp³-hybridized carbons (Fsp3) is 0.296. The average molecular weight is 520 g/mol. The molecule has 2 heterocycles. The van der Waals surface area contributed by atoms with Crippen molar-refractivity contribution in [3.8, 4) is 12.1 Å². The van der Waals surface area contributed by atoms with Gasteiger partial charge in [-0.15, -0.1) is 0 Å². The van der Waals surface area contributed by atoms with Gasteiger partial charge in [-0.25, -0.2) is 9.78 Å². The van der Waals surface area contributed by atoms with Gasteiger partial charge in [-0.3, -0.25) is 4.79 Å². The molecule has 1 aliphatic rings. The summed E-state index contributed by atoms with van der Waals surface area (Å²) >= 11 is 1.27. The van der Waals surface area contributed by atoms with Crippen LogP contribution >= 0.6 is 11.8 Å². The smallest absolute Gasteiger partial charge is 0.338 e. The lowest BCUT2D eigenvalue weighted by Gasteiger charge is -2.28. The maximum Gasteiger partial charge on any atom is 0.338 e. The number of hydrogen-bond acceptors (Lipinski definition) is 9. The molecule has 1 aliphatic heterocycles. The third-order valence-electron chi connectivity index (χ3n) is 5.10. The zero-order chi connectivity index (χ0) is 27.5. The first-order chi connectivity index (χ1) is 17.7. The number of hydrogen-bond donors (Lipinski definition) is 1. The number of carbonyl (C=O) groups excluding carboxylic acids is 2. The van der Waals surface area contributed by atoms with Gasteiger partial charge in [-0.2, -0.15) is 10.5 Å². The maximum absolute atomic E-state index is 13.0. The van der Waals surface area contributed by atoms with Crippen molar-refractivity contribution in [2.24, 2.45) is 5.73 Å². The Labute approximate surface area is 221 Å². The lowest BCUT2D eigenvalue weighted by Crippen LogP contribution is -2.27. The van der Waals surface area contributed by atoms with E-state index in [4.69, 9.17) is 15.2 Å². The molecular weight excluding hydrogens is 490 g/mol. The van der Waals surface area contributed by atoms with Gasteiger partial charge >= 0.3 is 5.97 Å². The molecule has 1 unspecified atom stereocenters. The monoisotopic (exact) mass is 519 g/mol. The fourth-order valence-electron chi connectivity index (χ4n) is 3.51. The molecule has 2 N–H and O–H groups in total. The number of amides is 1. The van der Waals surface area contributed by atoms with Gasteiger partial charge in [0.25, 0.3) is 0 Å². The van der Waals surface area contributed by atoms with Gasteiger partial charge in [0.15, 0.2) is 0 Å². The summed E-state index contributed by atoms with van der Waals surface area (Å²) in [7, 11) is 3.38. The van der Waals surface area contributed by atoms with Crippen molar-refractivity contribution in [1.29, 1.82) is 10.5 Å². The number of benzene rings is 1. The van der Waals surface area contributed by atoms with E-state index in [9.17, 15) is 20.1 Å². The van der Waals surface area contributed by atoms with Crippen LogP contribution in [0.4, 0.5) is 0 Å². The average Bonchev–Trinajstić information content (AvgIpc) is 2.87. The zero-order valence-corrected chi connectivity index (χ0v) is 22.3. The molecule has 0 saturated heterocycles. The van der Waals surface area contributed by atoms with Gasteiger partial charge in [0.2, 0.25) is 12.3 Å². The van der Waals surface area contributed by atoms with Crippen molar-refractivity contribution in [2.75, 3.05) is 26.5 Å². The van der Waals surface area contributed by atoms with Crippen molar-refractivity contribution in [3.63, 3.8) is 0 Å². The predicted octanol–water partition coefficient (Wildman–Crippen LogP) is 3.69. The molecule has 1 aromatic heterocycles. The van der Waals surface area contributed by atoms with Crippen molar-refractivity contribution in [2.45, 2.75) is 31.7 Å². The van der Waals surface area contributed by atoms with E-state index < -0.39 is 11.9 Å². The molecular formula is C27H29N5O4S. The zero-order valence-electron chi connectivity index (χ0n) is 21.4. The fourth-order valence-corrected chi connectivity index (χ4v) is 4.56. The van der Waals surface area contributed by atoms with E-state index in [-0.39, 0.29) is 35.1 Å². The summed E-state index contributed by atoms with van der Waals surface area (Å²) in [4.78, 5) is 28.3. The Morgan fingerprint density at radius 1 is 1.24 bits per heavy atom. The highest BCUT2D eigenvalue weighted by Gasteiger charge is 2.37. The molecule has 2 aromatic rings. The van der Waals surface area contributed by atoms with E-state index in [0.29, 0.717) is 10.6 Å². The van der Waals surface area contributed by atoms with E-state index in [2.05, 4.69) is 17.1 Å². The van der Waals surface area contributed by atoms with E-state index in [1.807, 2.05) is 50.2 Å². The normalized spacial score (nSPS) is 14.4. The van der Waals surface area contributed by atoms with E-state index >= 15 is 0 Å². The highest BCUT2D eigenvalue weighted by Crippen LogP contribution is 2.41. The number of aromatic nitrogens is 1. The lowest BCUT2D eigenvalue weighted by molar-refractivity contribution is -0.139. The topological polar surface area (TPSA) is 142 Å². The van der Waals surface area contributed by atoms with E-state index in [1.165, 1.54) is 16.7 Å². The number of rotatable bonds is 7. The van der Waals surface area contributed by atoms with Crippen LogP contribution in [0.25, 0.3) is 0 Å². The second-order valence-electron chi connectivity index (χ2n) is 8.12. The first kappa shape index (κ1) is 29.0. The van der Waals surface area contributed by atoms with Crippen LogP contribution in [0.15, 0.2) is 64.2 Å². The Bertz CT molecular complexity index is 1290. The van der Waals surface area contributed by atoms with Crippen LogP contribution in [-0.2, 0) is 19.1 Å². The van der Waals surface area contributed by atoms with Crippen LogP contribution in [-0.4, -0.2) is 48.7 Å². The number of pyridine rings is 1. The second kappa shape index (κ2) is 13.7. The van der Waals surface area contributed by atoms with E-state index in [0.717, 1.165) is 23.2 Å². The molecule has 0 bridgehead atoms. The van der Waals surface area contributed by atoms with Crippen LogP contribution in [0.2, 0.25) is 0 Å². The second-order valence-corrected chi connectivity index (χ2v) is 9.09. The van der Waals surface area contributed by atoms with Crippen LogP contribution in [0.5, 0.6) is 0 Å². The summed E-state index contributed by atoms with van der Waals surface area (Å²) in [6.07, 6.45) is 0.750. The minimum absolute atomic E-state index is 0.0566. The van der Waals surface area contributed by atoms with Crippen molar-refractivity contribution >= 4 is 24.1 Å². The number of nitriles is 2. The molecule has 0 saturated carbocycles. The van der Waals surface area contributed by atoms with Crippen molar-refractivity contribution in [1.82, 2.24) is 9.88 Å². The number of esters is 1. The number of allylic oxidation sites excluding steroid dienone is 1. The quantitative estimate of drug-likeness (QED) is 0.329. The molecule has 192 valence electrons. The molecule has 0 aliphatic carbocycles. The Morgan fingerprint density at radius 3 is 2.43 bits per heavy atom. The first-order valence-corrected chi connectivity index (χ1v) is 12.3. The van der Waals surface area contributed by atoms with Gasteiger partial charge in [-0.05, 0) is 38.0 Å². The number of thioether (sulfide) groups is 1. The molecule has 0 fully saturated rings. The number of nitrogens with zero attached hydrogens (tertiary/aromatic N) is 4. The molecule has 3 rings (SSSR count). The Hall–Kier alpha value is -4.28. The van der Waals surface area contributed by atoms with Gasteiger partial charge < -0.3 is 20.1 Å². The number of ether oxygens (including phenoxy) is 2. The van der Waals surface area contributed by atoms with Crippen LogP contribution in [0.3, 0.4) is 0 Å². The third-order valence-corrected chi connectivity index (χ3v) is 6.07. The highest BCUT2D eigenvalue weighted by molar-refractivity contribution is 7.99. The van der Waals surface area contributed by atoms with Crippen molar-refractivity contribution in [3.05, 3.63) is 81.6 Å². The van der Waals surface area contributed by atoms with Gasteiger partial charge in [0.1, 0.15) is 28.5 Å². The molecule has 1 aromatic carbocycles. The highest BCUT2D eigenvalue weighted by atomic mass is 32.2. The SMILES string of the molecule is CCOC(=O)C1=C(CSc2nc(C)cc(C)c2C#N)OC(N)=C(C#N)C1c1ccccc1.CN(C)C=O. The summed E-state index contributed by atoms with van der Waals surface area (Å²) in [5, 5.41) is 19.8. The molecule has 0 spiro atoms. The Balaban J connectivity index is 0.000000877. The Kier molecular flexibility index (Phi) is 10.7.